The predicted octanol–water partition coefficient (Wildman–Crippen LogP) is 3.27. The van der Waals surface area contributed by atoms with Crippen molar-refractivity contribution < 1.29 is 14.1 Å². The second-order valence-corrected chi connectivity index (χ2v) is 11.2. The lowest BCUT2D eigenvalue weighted by Crippen LogP contribution is -2.18. The molecule has 4 N–H and O–H groups in total. The summed E-state index contributed by atoms with van der Waals surface area (Å²) in [6, 6.07) is 1.57. The van der Waals surface area contributed by atoms with Crippen LogP contribution >= 0.6 is 24.8 Å². The summed E-state index contributed by atoms with van der Waals surface area (Å²) in [5.41, 5.74) is 4.27. The van der Waals surface area contributed by atoms with Gasteiger partial charge in [-0.05, 0) is 74.6 Å². The Balaban J connectivity index is 0.00000272. The second-order valence-electron chi connectivity index (χ2n) is 8.12. The molecular formula is C20H25N5O3S3. The SMILES string of the molecule is CC(C)(O)c1ncc(S(N)(=O)=NC(=O)Nc2c3c(c(C#N)c4c2CCC4)CCC3)s1.S. The summed E-state index contributed by atoms with van der Waals surface area (Å²) in [7, 11) is -3.50. The minimum atomic E-state index is -3.50. The first-order chi connectivity index (χ1) is 14.1. The second kappa shape index (κ2) is 8.52. The van der Waals surface area contributed by atoms with Crippen LogP contribution in [0.15, 0.2) is 14.8 Å². The van der Waals surface area contributed by atoms with Crippen molar-refractivity contribution in [3.63, 3.8) is 0 Å². The van der Waals surface area contributed by atoms with Crippen molar-refractivity contribution >= 4 is 46.5 Å². The molecule has 0 aliphatic heterocycles. The third-order valence-corrected chi connectivity index (χ3v) is 8.69. The van der Waals surface area contributed by atoms with Gasteiger partial charge in [-0.2, -0.15) is 18.8 Å². The average molecular weight is 480 g/mol. The smallest absolute Gasteiger partial charge is 0.354 e. The number of benzene rings is 1. The molecule has 11 heteroatoms. The number of amides is 2. The van der Waals surface area contributed by atoms with Gasteiger partial charge in [0, 0.05) is 5.69 Å². The molecule has 31 heavy (non-hydrogen) atoms. The van der Waals surface area contributed by atoms with Crippen molar-refractivity contribution in [3.8, 4) is 6.07 Å². The molecule has 166 valence electrons. The third kappa shape index (κ3) is 4.36. The Morgan fingerprint density at radius 3 is 2.29 bits per heavy atom. The van der Waals surface area contributed by atoms with E-state index in [4.69, 9.17) is 5.14 Å². The molecule has 1 atom stereocenters. The molecule has 0 bridgehead atoms. The zero-order valence-corrected chi connectivity index (χ0v) is 20.0. The molecule has 0 radical (unpaired) electrons. The number of nitriles is 1. The summed E-state index contributed by atoms with van der Waals surface area (Å²) < 4.78 is 16.8. The highest BCUT2D eigenvalue weighted by Gasteiger charge is 2.30. The number of nitrogens with zero attached hydrogens (tertiary/aromatic N) is 3. The van der Waals surface area contributed by atoms with Gasteiger partial charge in [-0.3, -0.25) is 0 Å². The molecule has 8 nitrogen and oxygen atoms in total. The number of thiazole rings is 1. The van der Waals surface area contributed by atoms with Crippen molar-refractivity contribution in [1.29, 1.82) is 5.26 Å². The van der Waals surface area contributed by atoms with Gasteiger partial charge in [0.1, 0.15) is 14.8 Å². The van der Waals surface area contributed by atoms with Gasteiger partial charge in [0.05, 0.1) is 17.8 Å². The van der Waals surface area contributed by atoms with Crippen LogP contribution in [0.5, 0.6) is 0 Å². The van der Waals surface area contributed by atoms with Crippen LogP contribution in [-0.4, -0.2) is 20.3 Å². The van der Waals surface area contributed by atoms with Crippen LogP contribution in [0.25, 0.3) is 0 Å². The van der Waals surface area contributed by atoms with E-state index in [1.165, 1.54) is 6.20 Å². The number of carbonyl (C=O) groups is 1. The van der Waals surface area contributed by atoms with E-state index in [0.29, 0.717) is 10.7 Å². The third-order valence-electron chi connectivity index (χ3n) is 5.50. The van der Waals surface area contributed by atoms with Crippen molar-refractivity contribution in [1.82, 2.24) is 4.98 Å². The molecular weight excluding hydrogens is 454 g/mol. The van der Waals surface area contributed by atoms with E-state index in [2.05, 4.69) is 20.7 Å². The number of carbonyl (C=O) groups excluding carboxylic acids is 1. The number of nitrogens with one attached hydrogen (secondary N) is 1. The van der Waals surface area contributed by atoms with Crippen molar-refractivity contribution in [2.45, 2.75) is 62.2 Å². The fourth-order valence-corrected chi connectivity index (χ4v) is 6.28. The van der Waals surface area contributed by atoms with Gasteiger partial charge in [-0.15, -0.1) is 15.7 Å². The van der Waals surface area contributed by atoms with E-state index < -0.39 is 21.5 Å². The van der Waals surface area contributed by atoms with Crippen molar-refractivity contribution in [2.24, 2.45) is 9.50 Å². The molecule has 0 saturated carbocycles. The number of urea groups is 1. The summed E-state index contributed by atoms with van der Waals surface area (Å²) in [6.07, 6.45) is 6.36. The topological polar surface area (TPSA) is 141 Å². The molecule has 2 amide bonds. The molecule has 0 spiro atoms. The molecule has 1 heterocycles. The van der Waals surface area contributed by atoms with E-state index in [0.717, 1.165) is 77.7 Å². The zero-order chi connectivity index (χ0) is 21.7. The summed E-state index contributed by atoms with van der Waals surface area (Å²) in [4.78, 5) is 16.7. The molecule has 2 aliphatic rings. The number of aliphatic hydroxyl groups is 1. The number of nitrogens with two attached hydrogens (primary N) is 1. The van der Waals surface area contributed by atoms with E-state index >= 15 is 0 Å². The molecule has 2 aliphatic carbocycles. The first kappa shape index (κ1) is 23.7. The van der Waals surface area contributed by atoms with Gasteiger partial charge in [-0.1, -0.05) is 0 Å². The van der Waals surface area contributed by atoms with Gasteiger partial charge in [0.25, 0.3) is 0 Å². The largest absolute Gasteiger partial charge is 0.383 e. The lowest BCUT2D eigenvalue weighted by atomic mass is 9.93. The van der Waals surface area contributed by atoms with Gasteiger partial charge in [0.15, 0.2) is 9.92 Å². The first-order valence-electron chi connectivity index (χ1n) is 9.76. The highest BCUT2D eigenvalue weighted by molar-refractivity contribution is 7.93. The lowest BCUT2D eigenvalue weighted by Gasteiger charge is -2.17. The van der Waals surface area contributed by atoms with E-state index in [-0.39, 0.29) is 17.7 Å². The molecule has 0 fully saturated rings. The number of anilines is 1. The highest BCUT2D eigenvalue weighted by Crippen LogP contribution is 2.41. The van der Waals surface area contributed by atoms with Crippen LogP contribution in [0.1, 0.15) is 59.5 Å². The van der Waals surface area contributed by atoms with Gasteiger partial charge < -0.3 is 10.4 Å². The Morgan fingerprint density at radius 1 is 1.26 bits per heavy atom. The Kier molecular flexibility index (Phi) is 6.51. The standard InChI is InChI=1S/C20H23N5O3S2.H2S/c1-20(2,27)18-23-10-16(29-18)30(22,28)25-19(26)24-17-13-7-3-5-11(13)15(9-21)12-6-4-8-14(12)17;/h10,27H,3-8H2,1-2H3,(H3,22,24,25,26,28);1H2. The van der Waals surface area contributed by atoms with Gasteiger partial charge in [0.2, 0.25) is 0 Å². The van der Waals surface area contributed by atoms with E-state index in [1.54, 1.807) is 13.8 Å². The van der Waals surface area contributed by atoms with Crippen LogP contribution in [0.2, 0.25) is 0 Å². The van der Waals surface area contributed by atoms with E-state index in [9.17, 15) is 19.4 Å². The minimum Gasteiger partial charge on any atom is -0.383 e. The van der Waals surface area contributed by atoms with Crippen LogP contribution in [0.4, 0.5) is 10.5 Å². The van der Waals surface area contributed by atoms with Crippen LogP contribution < -0.4 is 10.5 Å². The fourth-order valence-electron chi connectivity index (χ4n) is 4.22. The number of hydrogen-bond donors (Lipinski definition) is 3. The monoisotopic (exact) mass is 479 g/mol. The number of fused-ring (bicyclic) bond motifs is 2. The van der Waals surface area contributed by atoms with Crippen LogP contribution in [-0.2, 0) is 41.2 Å². The van der Waals surface area contributed by atoms with Crippen molar-refractivity contribution in [3.05, 3.63) is 39.0 Å². The number of rotatable bonds is 3. The van der Waals surface area contributed by atoms with Crippen LogP contribution in [0.3, 0.4) is 0 Å². The molecule has 2 aromatic rings. The summed E-state index contributed by atoms with van der Waals surface area (Å²) in [6.45, 7) is 3.12. The quantitative estimate of drug-likeness (QED) is 0.619. The Hall–Kier alpha value is -1.97. The summed E-state index contributed by atoms with van der Waals surface area (Å²) >= 11 is 0.969. The minimum absolute atomic E-state index is 0. The summed E-state index contributed by atoms with van der Waals surface area (Å²) in [5, 5.41) is 28.7. The Bertz CT molecular complexity index is 1180. The number of aromatic nitrogens is 1. The number of hydrogen-bond acceptors (Lipinski definition) is 6. The first-order valence-corrected chi connectivity index (χ1v) is 12.2. The zero-order valence-electron chi connectivity index (χ0n) is 17.3. The van der Waals surface area contributed by atoms with Gasteiger partial charge >= 0.3 is 6.03 Å². The molecule has 1 unspecified atom stereocenters. The summed E-state index contributed by atoms with van der Waals surface area (Å²) in [5.74, 6) is 0. The molecule has 0 saturated heterocycles. The molecule has 4 rings (SSSR count). The average Bonchev–Trinajstić information content (AvgIpc) is 3.40. The Labute approximate surface area is 192 Å². The molecule has 1 aromatic carbocycles. The van der Waals surface area contributed by atoms with Crippen LogP contribution in [0, 0.1) is 11.3 Å². The normalized spacial score (nSPS) is 16.5. The predicted molar refractivity (Wildman–Crippen MR) is 125 cm³/mol. The Morgan fingerprint density at radius 2 is 1.81 bits per heavy atom. The maximum atomic E-state index is 12.9. The molecule has 1 aromatic heterocycles. The highest BCUT2D eigenvalue weighted by atomic mass is 32.2. The maximum Gasteiger partial charge on any atom is 0.354 e. The van der Waals surface area contributed by atoms with E-state index in [1.807, 2.05) is 0 Å². The fraction of sp³-hybridized carbons (Fsp3) is 0.450. The van der Waals surface area contributed by atoms with Crippen molar-refractivity contribution in [2.75, 3.05) is 5.32 Å². The van der Waals surface area contributed by atoms with Gasteiger partial charge in [-0.25, -0.2) is 19.1 Å². The lowest BCUT2D eigenvalue weighted by molar-refractivity contribution is 0.0783. The maximum absolute atomic E-state index is 12.9.